The first kappa shape index (κ1) is 13.0. The number of fused-ring (bicyclic) bond motifs is 1. The van der Waals surface area contributed by atoms with Gasteiger partial charge in [-0.25, -0.2) is 0 Å². The molecule has 0 radical (unpaired) electrons. The minimum absolute atomic E-state index is 0.0762. The van der Waals surface area contributed by atoms with Crippen molar-refractivity contribution in [2.45, 2.75) is 57.1 Å². The van der Waals surface area contributed by atoms with E-state index in [1.54, 1.807) is 0 Å². The van der Waals surface area contributed by atoms with Crippen molar-refractivity contribution >= 4 is 0 Å². The van der Waals surface area contributed by atoms with E-state index in [2.05, 4.69) is 43.6 Å². The summed E-state index contributed by atoms with van der Waals surface area (Å²) in [6.07, 6.45) is 7.51. The smallest absolute Gasteiger partial charge is 0.124 e. The fraction of sp³-hybridized carbons (Fsp3) is 0.647. The predicted octanol–water partition coefficient (Wildman–Crippen LogP) is 4.07. The van der Waals surface area contributed by atoms with E-state index >= 15 is 0 Å². The van der Waals surface area contributed by atoms with Crippen LogP contribution in [-0.2, 0) is 0 Å². The lowest BCUT2D eigenvalue weighted by Crippen LogP contribution is -2.43. The van der Waals surface area contributed by atoms with Crippen molar-refractivity contribution in [3.63, 3.8) is 0 Å². The Morgan fingerprint density at radius 1 is 1.21 bits per heavy atom. The third-order valence-corrected chi connectivity index (χ3v) is 4.97. The number of rotatable bonds is 1. The first-order valence-corrected chi connectivity index (χ1v) is 7.68. The van der Waals surface area contributed by atoms with Crippen LogP contribution in [0.15, 0.2) is 24.3 Å². The van der Waals surface area contributed by atoms with E-state index in [1.807, 2.05) is 0 Å². The zero-order chi connectivity index (χ0) is 13.3. The third-order valence-electron chi connectivity index (χ3n) is 4.97. The van der Waals surface area contributed by atoms with Gasteiger partial charge in [0, 0.05) is 18.0 Å². The Morgan fingerprint density at radius 3 is 2.89 bits per heavy atom. The highest BCUT2D eigenvalue weighted by molar-refractivity contribution is 5.39. The van der Waals surface area contributed by atoms with Crippen LogP contribution in [0.25, 0.3) is 0 Å². The van der Waals surface area contributed by atoms with Crippen LogP contribution < -0.4 is 10.1 Å². The Bertz CT molecular complexity index is 445. The van der Waals surface area contributed by atoms with Gasteiger partial charge in [0.05, 0.1) is 0 Å². The SMILES string of the molecule is CNC1CC2(CCCC(C)CC2)Oc2ccccc21. The van der Waals surface area contributed by atoms with Gasteiger partial charge in [-0.15, -0.1) is 0 Å². The zero-order valence-electron chi connectivity index (χ0n) is 12.1. The van der Waals surface area contributed by atoms with E-state index in [0.29, 0.717) is 6.04 Å². The average molecular weight is 259 g/mol. The summed E-state index contributed by atoms with van der Waals surface area (Å²) in [5.41, 5.74) is 1.40. The van der Waals surface area contributed by atoms with Crippen LogP contribution in [0, 0.1) is 5.92 Å². The van der Waals surface area contributed by atoms with Crippen molar-refractivity contribution in [3.8, 4) is 5.75 Å². The highest BCUT2D eigenvalue weighted by atomic mass is 16.5. The van der Waals surface area contributed by atoms with Crippen molar-refractivity contribution in [1.82, 2.24) is 5.32 Å². The van der Waals surface area contributed by atoms with Gasteiger partial charge in [-0.1, -0.05) is 31.5 Å². The van der Waals surface area contributed by atoms with Crippen LogP contribution in [0.1, 0.15) is 57.1 Å². The Kier molecular flexibility index (Phi) is 3.53. The highest BCUT2D eigenvalue weighted by Crippen LogP contribution is 2.45. The Labute approximate surface area is 116 Å². The van der Waals surface area contributed by atoms with Crippen LogP contribution in [-0.4, -0.2) is 12.6 Å². The van der Waals surface area contributed by atoms with E-state index in [9.17, 15) is 0 Å². The van der Waals surface area contributed by atoms with E-state index in [4.69, 9.17) is 4.74 Å². The van der Waals surface area contributed by atoms with Crippen molar-refractivity contribution < 1.29 is 4.74 Å². The normalized spacial score (nSPS) is 34.4. The summed E-state index contributed by atoms with van der Waals surface area (Å²) in [6, 6.07) is 8.97. The number of para-hydroxylation sites is 1. The van der Waals surface area contributed by atoms with E-state index in [-0.39, 0.29) is 5.60 Å². The fourth-order valence-corrected chi connectivity index (χ4v) is 3.73. The molecule has 3 atom stereocenters. The number of nitrogens with one attached hydrogen (secondary N) is 1. The van der Waals surface area contributed by atoms with Crippen molar-refractivity contribution in [1.29, 1.82) is 0 Å². The largest absolute Gasteiger partial charge is 0.487 e. The second kappa shape index (κ2) is 5.16. The summed E-state index contributed by atoms with van der Waals surface area (Å²) in [5, 5.41) is 3.48. The standard InChI is InChI=1S/C17H25NO/c1-13-6-5-10-17(11-9-13)12-15(18-2)14-7-3-4-8-16(14)19-17/h3-4,7-8,13,15,18H,5-6,9-12H2,1-2H3. The molecule has 3 unspecified atom stereocenters. The van der Waals surface area contributed by atoms with E-state index in [1.165, 1.54) is 37.7 Å². The molecule has 2 nitrogen and oxygen atoms in total. The lowest BCUT2D eigenvalue weighted by molar-refractivity contribution is 0.0164. The Balaban J connectivity index is 1.90. The maximum absolute atomic E-state index is 6.48. The monoisotopic (exact) mass is 259 g/mol. The molecule has 1 saturated carbocycles. The average Bonchev–Trinajstić information content (AvgIpc) is 2.61. The molecule has 1 aromatic carbocycles. The summed E-state index contributed by atoms with van der Waals surface area (Å²) in [4.78, 5) is 0. The molecule has 1 aliphatic heterocycles. The molecule has 2 aliphatic rings. The molecule has 104 valence electrons. The van der Waals surface area contributed by atoms with Gasteiger partial charge in [0.25, 0.3) is 0 Å². The molecule has 3 rings (SSSR count). The maximum atomic E-state index is 6.48. The molecular weight excluding hydrogens is 234 g/mol. The molecule has 1 heterocycles. The van der Waals surface area contributed by atoms with Crippen LogP contribution in [0.2, 0.25) is 0 Å². The van der Waals surface area contributed by atoms with Gasteiger partial charge in [-0.05, 0) is 44.7 Å². The second-order valence-corrected chi connectivity index (χ2v) is 6.40. The molecule has 0 saturated heterocycles. The summed E-state index contributed by atoms with van der Waals surface area (Å²) in [6.45, 7) is 2.38. The molecule has 1 aromatic rings. The maximum Gasteiger partial charge on any atom is 0.124 e. The first-order chi connectivity index (χ1) is 9.22. The van der Waals surface area contributed by atoms with Gasteiger partial charge in [-0.3, -0.25) is 0 Å². The number of ether oxygens (including phenoxy) is 1. The van der Waals surface area contributed by atoms with Gasteiger partial charge in [0.1, 0.15) is 11.4 Å². The predicted molar refractivity (Wildman–Crippen MR) is 78.5 cm³/mol. The van der Waals surface area contributed by atoms with Crippen LogP contribution in [0.5, 0.6) is 5.75 Å². The van der Waals surface area contributed by atoms with Crippen LogP contribution >= 0.6 is 0 Å². The minimum atomic E-state index is 0.0762. The Hall–Kier alpha value is -1.02. The topological polar surface area (TPSA) is 21.3 Å². The minimum Gasteiger partial charge on any atom is -0.487 e. The first-order valence-electron chi connectivity index (χ1n) is 7.68. The van der Waals surface area contributed by atoms with Gasteiger partial charge in [-0.2, -0.15) is 0 Å². The quantitative estimate of drug-likeness (QED) is 0.821. The Morgan fingerprint density at radius 2 is 2.05 bits per heavy atom. The molecule has 1 fully saturated rings. The van der Waals surface area contributed by atoms with E-state index in [0.717, 1.165) is 18.1 Å². The van der Waals surface area contributed by atoms with E-state index < -0.39 is 0 Å². The lowest BCUT2D eigenvalue weighted by Gasteiger charge is -2.42. The van der Waals surface area contributed by atoms with Crippen LogP contribution in [0.3, 0.4) is 0 Å². The van der Waals surface area contributed by atoms with Gasteiger partial charge in [0.15, 0.2) is 0 Å². The fourth-order valence-electron chi connectivity index (χ4n) is 3.73. The van der Waals surface area contributed by atoms with Crippen molar-refractivity contribution in [2.75, 3.05) is 7.05 Å². The summed E-state index contributed by atoms with van der Waals surface area (Å²) < 4.78 is 6.48. The number of benzene rings is 1. The molecule has 1 N–H and O–H groups in total. The second-order valence-electron chi connectivity index (χ2n) is 6.40. The summed E-state index contributed by atoms with van der Waals surface area (Å²) >= 11 is 0. The number of hydrogen-bond donors (Lipinski definition) is 1. The molecule has 1 aliphatic carbocycles. The van der Waals surface area contributed by atoms with Crippen LogP contribution in [0.4, 0.5) is 0 Å². The third kappa shape index (κ3) is 2.51. The molecule has 1 spiro atoms. The summed E-state index contributed by atoms with van der Waals surface area (Å²) in [7, 11) is 2.07. The summed E-state index contributed by atoms with van der Waals surface area (Å²) in [5.74, 6) is 1.95. The number of hydrogen-bond acceptors (Lipinski definition) is 2. The molecule has 19 heavy (non-hydrogen) atoms. The molecular formula is C17H25NO. The lowest BCUT2D eigenvalue weighted by atomic mass is 9.82. The molecule has 0 aromatic heterocycles. The van der Waals surface area contributed by atoms with Crippen molar-refractivity contribution in [3.05, 3.63) is 29.8 Å². The van der Waals surface area contributed by atoms with Gasteiger partial charge >= 0.3 is 0 Å². The zero-order valence-corrected chi connectivity index (χ0v) is 12.1. The molecule has 0 amide bonds. The molecule has 2 heteroatoms. The molecule has 0 bridgehead atoms. The van der Waals surface area contributed by atoms with Crippen molar-refractivity contribution in [2.24, 2.45) is 5.92 Å². The van der Waals surface area contributed by atoms with Gasteiger partial charge < -0.3 is 10.1 Å². The highest BCUT2D eigenvalue weighted by Gasteiger charge is 2.41. The van der Waals surface area contributed by atoms with Gasteiger partial charge in [0.2, 0.25) is 0 Å².